The SMILES string of the molecule is Nc1ccccc1C(c1ccccc1NC(=O)Nc1ccccc1Br)=S(=O)=O. The summed E-state index contributed by atoms with van der Waals surface area (Å²) >= 11 is 3.36. The number of nitrogen functional groups attached to an aromatic ring is 1. The van der Waals surface area contributed by atoms with Gasteiger partial charge in [0.2, 0.25) is 10.3 Å². The second-order valence-electron chi connectivity index (χ2n) is 5.76. The third kappa shape index (κ3) is 4.41. The predicted molar refractivity (Wildman–Crippen MR) is 116 cm³/mol. The van der Waals surface area contributed by atoms with E-state index >= 15 is 0 Å². The summed E-state index contributed by atoms with van der Waals surface area (Å²) in [5.74, 6) is 0. The van der Waals surface area contributed by atoms with Crippen molar-refractivity contribution >= 4 is 54.2 Å². The average Bonchev–Trinajstić information content (AvgIpc) is 2.66. The molecule has 6 nitrogen and oxygen atoms in total. The molecule has 0 atom stereocenters. The van der Waals surface area contributed by atoms with Crippen LogP contribution in [0.4, 0.5) is 21.9 Å². The van der Waals surface area contributed by atoms with Crippen LogP contribution in [0.1, 0.15) is 11.1 Å². The van der Waals surface area contributed by atoms with Crippen molar-refractivity contribution in [3.8, 4) is 0 Å². The molecule has 0 bridgehead atoms. The molecule has 0 aliphatic rings. The van der Waals surface area contributed by atoms with Crippen molar-refractivity contribution in [2.45, 2.75) is 0 Å². The lowest BCUT2D eigenvalue weighted by Gasteiger charge is -2.14. The van der Waals surface area contributed by atoms with Gasteiger partial charge in [0.05, 0.1) is 11.4 Å². The Morgan fingerprint density at radius 3 is 1.96 bits per heavy atom. The highest BCUT2D eigenvalue weighted by atomic mass is 79.9. The number of anilines is 3. The summed E-state index contributed by atoms with van der Waals surface area (Å²) in [7, 11) is -2.57. The van der Waals surface area contributed by atoms with Gasteiger partial charge in [0.25, 0.3) is 0 Å². The number of carbonyl (C=O) groups is 1. The number of rotatable bonds is 4. The molecule has 3 aromatic rings. The summed E-state index contributed by atoms with van der Waals surface area (Å²) in [5, 5.41) is 5.43. The fourth-order valence-electron chi connectivity index (χ4n) is 2.66. The number of hydrogen-bond acceptors (Lipinski definition) is 4. The third-order valence-corrected chi connectivity index (χ3v) is 5.38. The number of halogens is 1. The Morgan fingerprint density at radius 2 is 1.32 bits per heavy atom. The standard InChI is InChI=1S/C20H16BrN3O3S/c21-15-9-3-6-12-18(15)24-20(25)23-17-11-5-2-8-14(17)19(28(26)27)13-7-1-4-10-16(13)22/h1-12H,22H2,(H2,23,24,25). The van der Waals surface area contributed by atoms with Crippen LogP contribution < -0.4 is 16.4 Å². The Hall–Kier alpha value is -3.10. The van der Waals surface area contributed by atoms with Gasteiger partial charge < -0.3 is 16.4 Å². The maximum atomic E-state index is 12.5. The van der Waals surface area contributed by atoms with E-state index in [1.54, 1.807) is 66.7 Å². The Bertz CT molecular complexity index is 1170. The highest BCUT2D eigenvalue weighted by molar-refractivity contribution is 9.10. The van der Waals surface area contributed by atoms with Crippen molar-refractivity contribution < 1.29 is 13.2 Å². The maximum Gasteiger partial charge on any atom is 0.323 e. The Morgan fingerprint density at radius 1 is 0.786 bits per heavy atom. The smallest absolute Gasteiger partial charge is 0.323 e. The average molecular weight is 458 g/mol. The normalized spacial score (nSPS) is 10.2. The number of amides is 2. The largest absolute Gasteiger partial charge is 0.398 e. The summed E-state index contributed by atoms with van der Waals surface area (Å²) in [6.45, 7) is 0. The highest BCUT2D eigenvalue weighted by Gasteiger charge is 2.17. The van der Waals surface area contributed by atoms with Gasteiger partial charge in [-0.1, -0.05) is 48.5 Å². The first-order valence-corrected chi connectivity index (χ1v) is 10.1. The monoisotopic (exact) mass is 457 g/mol. The van der Waals surface area contributed by atoms with Crippen LogP contribution in [-0.4, -0.2) is 19.3 Å². The Labute approximate surface area is 172 Å². The van der Waals surface area contributed by atoms with Crippen molar-refractivity contribution in [2.75, 3.05) is 16.4 Å². The number of urea groups is 1. The van der Waals surface area contributed by atoms with Gasteiger partial charge in [0, 0.05) is 21.3 Å². The van der Waals surface area contributed by atoms with Crippen LogP contribution in [0.25, 0.3) is 0 Å². The molecule has 4 N–H and O–H groups in total. The third-order valence-electron chi connectivity index (χ3n) is 3.91. The van der Waals surface area contributed by atoms with Gasteiger partial charge >= 0.3 is 6.03 Å². The second kappa shape index (κ2) is 8.73. The first-order chi connectivity index (χ1) is 13.5. The minimum Gasteiger partial charge on any atom is -0.398 e. The Balaban J connectivity index is 1.97. The molecule has 8 heteroatoms. The van der Waals surface area contributed by atoms with Gasteiger partial charge in [-0.25, -0.2) is 4.79 Å². The predicted octanol–water partition coefficient (Wildman–Crippen LogP) is 4.12. The fraction of sp³-hybridized carbons (Fsp3) is 0. The molecule has 3 rings (SSSR count). The van der Waals surface area contributed by atoms with Crippen LogP contribution in [0.3, 0.4) is 0 Å². The zero-order valence-electron chi connectivity index (χ0n) is 14.5. The number of carbonyl (C=O) groups excluding carboxylic acids is 1. The van der Waals surface area contributed by atoms with E-state index in [2.05, 4.69) is 26.6 Å². The van der Waals surface area contributed by atoms with E-state index in [4.69, 9.17) is 5.73 Å². The highest BCUT2D eigenvalue weighted by Crippen LogP contribution is 2.24. The van der Waals surface area contributed by atoms with Gasteiger partial charge in [-0.3, -0.25) is 0 Å². The molecule has 142 valence electrons. The quantitative estimate of drug-likeness (QED) is 0.311. The molecule has 0 saturated carbocycles. The molecule has 0 saturated heterocycles. The van der Waals surface area contributed by atoms with Crippen molar-refractivity contribution in [3.05, 3.63) is 88.4 Å². The van der Waals surface area contributed by atoms with Crippen LogP contribution >= 0.6 is 15.9 Å². The fourth-order valence-corrected chi connectivity index (χ4v) is 3.76. The zero-order valence-corrected chi connectivity index (χ0v) is 16.9. The van der Waals surface area contributed by atoms with Crippen LogP contribution in [0.5, 0.6) is 0 Å². The molecule has 28 heavy (non-hydrogen) atoms. The molecule has 0 fully saturated rings. The van der Waals surface area contributed by atoms with E-state index in [1.807, 2.05) is 6.07 Å². The lowest BCUT2D eigenvalue weighted by atomic mass is 10.0. The van der Waals surface area contributed by atoms with E-state index < -0.39 is 16.3 Å². The second-order valence-corrected chi connectivity index (χ2v) is 7.49. The van der Waals surface area contributed by atoms with Crippen LogP contribution in [0.2, 0.25) is 0 Å². The van der Waals surface area contributed by atoms with Gasteiger partial charge in [-0.05, 0) is 40.2 Å². The summed E-state index contributed by atoms with van der Waals surface area (Å²) in [6, 6.07) is 20.0. The van der Waals surface area contributed by atoms with E-state index in [9.17, 15) is 13.2 Å². The first kappa shape index (κ1) is 19.7. The molecule has 0 aromatic heterocycles. The van der Waals surface area contributed by atoms with Crippen LogP contribution in [-0.2, 0) is 10.3 Å². The Kier molecular flexibility index (Phi) is 6.13. The maximum absolute atomic E-state index is 12.5. The van der Waals surface area contributed by atoms with Crippen LogP contribution in [0, 0.1) is 0 Å². The van der Waals surface area contributed by atoms with E-state index in [-0.39, 0.29) is 4.86 Å². The minimum absolute atomic E-state index is 0.00916. The van der Waals surface area contributed by atoms with E-state index in [1.165, 1.54) is 0 Å². The molecule has 2 amide bonds. The number of hydrogen-bond donors (Lipinski definition) is 3. The zero-order chi connectivity index (χ0) is 20.1. The van der Waals surface area contributed by atoms with Crippen molar-refractivity contribution in [2.24, 2.45) is 0 Å². The van der Waals surface area contributed by atoms with Gasteiger partial charge in [0.15, 0.2) is 0 Å². The molecular formula is C20H16BrN3O3S. The van der Waals surface area contributed by atoms with Crippen molar-refractivity contribution in [1.29, 1.82) is 0 Å². The number of nitrogens with two attached hydrogens (primary N) is 1. The molecular weight excluding hydrogens is 442 g/mol. The molecule has 0 spiro atoms. The van der Waals surface area contributed by atoms with E-state index in [0.29, 0.717) is 28.2 Å². The summed E-state index contributed by atoms with van der Waals surface area (Å²) in [5.41, 5.74) is 7.94. The number of benzene rings is 3. The van der Waals surface area contributed by atoms with Gasteiger partial charge in [-0.15, -0.1) is 0 Å². The van der Waals surface area contributed by atoms with E-state index in [0.717, 1.165) is 4.47 Å². The molecule has 0 heterocycles. The summed E-state index contributed by atoms with van der Waals surface area (Å²) < 4.78 is 24.7. The number of nitrogens with one attached hydrogen (secondary N) is 2. The molecule has 3 aromatic carbocycles. The topological polar surface area (TPSA) is 101 Å². The minimum atomic E-state index is -2.57. The van der Waals surface area contributed by atoms with Crippen LogP contribution in [0.15, 0.2) is 77.3 Å². The van der Waals surface area contributed by atoms with Gasteiger partial charge in [-0.2, -0.15) is 8.42 Å². The van der Waals surface area contributed by atoms with Crippen molar-refractivity contribution in [1.82, 2.24) is 0 Å². The van der Waals surface area contributed by atoms with Gasteiger partial charge in [0.1, 0.15) is 4.86 Å². The van der Waals surface area contributed by atoms with Crippen molar-refractivity contribution in [3.63, 3.8) is 0 Å². The lowest BCUT2D eigenvalue weighted by Crippen LogP contribution is -2.21. The first-order valence-electron chi connectivity index (χ1n) is 8.20. The molecule has 0 aliphatic carbocycles. The molecule has 0 unspecified atom stereocenters. The molecule has 0 aliphatic heterocycles. The molecule has 0 radical (unpaired) electrons. The lowest BCUT2D eigenvalue weighted by molar-refractivity contribution is 0.262. The summed E-state index contributed by atoms with van der Waals surface area (Å²) in [4.78, 5) is 12.5. The number of para-hydroxylation sites is 3. The summed E-state index contributed by atoms with van der Waals surface area (Å²) in [6.07, 6.45) is 0.